The standard InChI is InChI=1S/C34H32/c1-7-24(6)22-26(9-3)27-20-21-33-30(23-27)29-18-14-15-19-32(29)34(33)28(10-4)17-13-12-16-25(8-2)31(34)11-5/h7-23H,1-2,5H2,3-4,6H3/b16-12-,17-13-,24-22-,26-9+,28-10-,31-25-. The van der Waals surface area contributed by atoms with E-state index in [2.05, 4.69) is 126 Å². The zero-order valence-corrected chi connectivity index (χ0v) is 20.4. The Kier molecular flexibility index (Phi) is 6.52. The average molecular weight is 441 g/mol. The lowest BCUT2D eigenvalue weighted by Crippen LogP contribution is -2.30. The molecule has 0 N–H and O–H groups in total. The molecule has 0 aromatic heterocycles. The molecule has 34 heavy (non-hydrogen) atoms. The molecule has 2 aromatic rings. The van der Waals surface area contributed by atoms with Gasteiger partial charge in [0.1, 0.15) is 0 Å². The molecule has 168 valence electrons. The van der Waals surface area contributed by atoms with Crippen LogP contribution in [0.25, 0.3) is 16.7 Å². The first-order chi connectivity index (χ1) is 16.6. The number of hydrogen-bond acceptors (Lipinski definition) is 0. The molecule has 0 nitrogen and oxygen atoms in total. The Bertz CT molecular complexity index is 1360. The zero-order chi connectivity index (χ0) is 24.3. The van der Waals surface area contributed by atoms with Crippen LogP contribution in [0.15, 0.2) is 145 Å². The number of fused-ring (bicyclic) bond motifs is 5. The number of allylic oxidation sites excluding steroid dienone is 15. The van der Waals surface area contributed by atoms with Gasteiger partial charge in [0, 0.05) is 0 Å². The van der Waals surface area contributed by atoms with E-state index in [1.54, 1.807) is 0 Å². The first kappa shape index (κ1) is 23.3. The summed E-state index contributed by atoms with van der Waals surface area (Å²) in [6, 6.07) is 15.7. The summed E-state index contributed by atoms with van der Waals surface area (Å²) in [6.45, 7) is 18.6. The molecule has 0 saturated carbocycles. The molecule has 0 aliphatic heterocycles. The third-order valence-electron chi connectivity index (χ3n) is 6.94. The molecule has 0 radical (unpaired) electrons. The first-order valence-corrected chi connectivity index (χ1v) is 11.8. The molecule has 0 bridgehead atoms. The molecule has 0 fully saturated rings. The van der Waals surface area contributed by atoms with E-state index < -0.39 is 5.41 Å². The summed E-state index contributed by atoms with van der Waals surface area (Å²) in [4.78, 5) is 0. The summed E-state index contributed by atoms with van der Waals surface area (Å²) < 4.78 is 0. The molecule has 2 aliphatic carbocycles. The van der Waals surface area contributed by atoms with E-state index in [4.69, 9.17) is 0 Å². The average Bonchev–Trinajstić information content (AvgIpc) is 3.15. The lowest BCUT2D eigenvalue weighted by molar-refractivity contribution is 0.758. The molecule has 0 saturated heterocycles. The second kappa shape index (κ2) is 9.53. The number of hydrogen-bond donors (Lipinski definition) is 0. The minimum Gasteiger partial charge on any atom is -0.0988 e. The quantitative estimate of drug-likeness (QED) is 0.406. The first-order valence-electron chi connectivity index (χ1n) is 11.8. The van der Waals surface area contributed by atoms with Gasteiger partial charge in [-0.25, -0.2) is 0 Å². The highest BCUT2D eigenvalue weighted by Crippen LogP contribution is 2.58. The Morgan fingerprint density at radius 2 is 1.59 bits per heavy atom. The normalized spacial score (nSPS) is 24.7. The van der Waals surface area contributed by atoms with Crippen LogP contribution < -0.4 is 0 Å². The molecule has 1 spiro atoms. The van der Waals surface area contributed by atoms with Crippen molar-refractivity contribution < 1.29 is 0 Å². The van der Waals surface area contributed by atoms with Crippen molar-refractivity contribution in [3.63, 3.8) is 0 Å². The van der Waals surface area contributed by atoms with Gasteiger partial charge in [0.2, 0.25) is 0 Å². The van der Waals surface area contributed by atoms with E-state index in [9.17, 15) is 0 Å². The molecule has 4 rings (SSSR count). The fraction of sp³-hybridized carbons (Fsp3) is 0.118. The summed E-state index contributed by atoms with van der Waals surface area (Å²) in [5.74, 6) is 0. The van der Waals surface area contributed by atoms with Crippen LogP contribution in [0, 0.1) is 0 Å². The Morgan fingerprint density at radius 1 is 0.853 bits per heavy atom. The van der Waals surface area contributed by atoms with Gasteiger partial charge in [0.05, 0.1) is 5.41 Å². The monoisotopic (exact) mass is 440 g/mol. The van der Waals surface area contributed by atoms with Crippen molar-refractivity contribution in [2.45, 2.75) is 26.2 Å². The van der Waals surface area contributed by atoms with E-state index in [1.165, 1.54) is 39.0 Å². The van der Waals surface area contributed by atoms with E-state index in [0.29, 0.717) is 0 Å². The zero-order valence-electron chi connectivity index (χ0n) is 20.4. The summed E-state index contributed by atoms with van der Waals surface area (Å²) in [5.41, 5.74) is 11.6. The van der Waals surface area contributed by atoms with Gasteiger partial charge in [0.25, 0.3) is 0 Å². The molecule has 1 unspecified atom stereocenters. The van der Waals surface area contributed by atoms with Gasteiger partial charge < -0.3 is 0 Å². The molecule has 1 atom stereocenters. The maximum Gasteiger partial charge on any atom is 0.0715 e. The SMILES string of the molecule is C=C/C(C)=C\C(=C/C)c1ccc2c(c1)-c1ccccc1C21C(=C\C)/C=C\C=C/C(C=C)=C\1C=C. The van der Waals surface area contributed by atoms with Crippen LogP contribution in [0.4, 0.5) is 0 Å². The lowest BCUT2D eigenvalue weighted by atomic mass is 9.64. The van der Waals surface area contributed by atoms with E-state index >= 15 is 0 Å². The minimum absolute atomic E-state index is 0.450. The Morgan fingerprint density at radius 3 is 2.26 bits per heavy atom. The van der Waals surface area contributed by atoms with Gasteiger partial charge >= 0.3 is 0 Å². The van der Waals surface area contributed by atoms with Crippen LogP contribution in [0.3, 0.4) is 0 Å². The fourth-order valence-corrected chi connectivity index (χ4v) is 5.37. The van der Waals surface area contributed by atoms with Crippen LogP contribution in [-0.4, -0.2) is 0 Å². The van der Waals surface area contributed by atoms with Crippen molar-refractivity contribution in [2.24, 2.45) is 0 Å². The van der Waals surface area contributed by atoms with Gasteiger partial charge in [-0.3, -0.25) is 0 Å². The summed E-state index contributed by atoms with van der Waals surface area (Å²) in [6.07, 6.45) is 21.0. The van der Waals surface area contributed by atoms with Crippen molar-refractivity contribution in [3.8, 4) is 11.1 Å². The predicted octanol–water partition coefficient (Wildman–Crippen LogP) is 9.23. The Balaban J connectivity index is 2.13. The third kappa shape index (κ3) is 3.47. The van der Waals surface area contributed by atoms with Gasteiger partial charge in [-0.15, -0.1) is 0 Å². The van der Waals surface area contributed by atoms with Gasteiger partial charge in [0.15, 0.2) is 0 Å². The van der Waals surface area contributed by atoms with Gasteiger partial charge in [-0.05, 0) is 76.9 Å². The molecule has 0 heterocycles. The highest BCUT2D eigenvalue weighted by molar-refractivity contribution is 5.90. The van der Waals surface area contributed by atoms with Crippen molar-refractivity contribution >= 4 is 5.57 Å². The predicted molar refractivity (Wildman–Crippen MR) is 150 cm³/mol. The third-order valence-corrected chi connectivity index (χ3v) is 6.94. The van der Waals surface area contributed by atoms with E-state index in [-0.39, 0.29) is 0 Å². The molecule has 2 aromatic carbocycles. The van der Waals surface area contributed by atoms with E-state index in [1.807, 2.05) is 18.2 Å². The van der Waals surface area contributed by atoms with Crippen LogP contribution in [0.2, 0.25) is 0 Å². The molecule has 2 aliphatic rings. The molecule has 0 heteroatoms. The largest absolute Gasteiger partial charge is 0.0988 e. The fourth-order valence-electron chi connectivity index (χ4n) is 5.37. The smallest absolute Gasteiger partial charge is 0.0715 e. The minimum atomic E-state index is -0.450. The maximum absolute atomic E-state index is 4.27. The van der Waals surface area contributed by atoms with Crippen LogP contribution in [0.1, 0.15) is 37.5 Å². The Hall–Kier alpha value is -3.90. The van der Waals surface area contributed by atoms with Crippen LogP contribution in [0.5, 0.6) is 0 Å². The summed E-state index contributed by atoms with van der Waals surface area (Å²) in [5, 5.41) is 0. The van der Waals surface area contributed by atoms with Crippen LogP contribution >= 0.6 is 0 Å². The van der Waals surface area contributed by atoms with Crippen LogP contribution in [-0.2, 0) is 5.41 Å². The number of rotatable bonds is 5. The second-order valence-electron chi connectivity index (χ2n) is 8.63. The highest BCUT2D eigenvalue weighted by atomic mass is 14.5. The van der Waals surface area contributed by atoms with Crippen molar-refractivity contribution in [1.29, 1.82) is 0 Å². The topological polar surface area (TPSA) is 0 Å². The summed E-state index contributed by atoms with van der Waals surface area (Å²) in [7, 11) is 0. The summed E-state index contributed by atoms with van der Waals surface area (Å²) >= 11 is 0. The van der Waals surface area contributed by atoms with E-state index in [0.717, 1.165) is 16.7 Å². The second-order valence-corrected chi connectivity index (χ2v) is 8.63. The highest BCUT2D eigenvalue weighted by Gasteiger charge is 2.47. The number of benzene rings is 2. The van der Waals surface area contributed by atoms with Crippen molar-refractivity contribution in [2.75, 3.05) is 0 Å². The molecule has 0 amide bonds. The lowest BCUT2D eigenvalue weighted by Gasteiger charge is -2.37. The maximum atomic E-state index is 4.27. The van der Waals surface area contributed by atoms with Crippen molar-refractivity contribution in [1.82, 2.24) is 0 Å². The molecular formula is C34H32. The Labute approximate surface area is 204 Å². The van der Waals surface area contributed by atoms with Crippen molar-refractivity contribution in [3.05, 3.63) is 162 Å². The van der Waals surface area contributed by atoms with Gasteiger partial charge in [-0.2, -0.15) is 0 Å². The van der Waals surface area contributed by atoms with Gasteiger partial charge in [-0.1, -0.05) is 122 Å². The molecular weight excluding hydrogens is 408 g/mol.